The second kappa shape index (κ2) is 8.24. The molecule has 0 bridgehead atoms. The van der Waals surface area contributed by atoms with Gasteiger partial charge in [0.25, 0.3) is 5.91 Å². The van der Waals surface area contributed by atoms with Crippen molar-refractivity contribution in [2.75, 3.05) is 19.6 Å². The molecule has 2 rings (SSSR count). The summed E-state index contributed by atoms with van der Waals surface area (Å²) in [4.78, 5) is 40.4. The molecule has 1 fully saturated rings. The van der Waals surface area contributed by atoms with Crippen LogP contribution in [0, 0.1) is 23.5 Å². The lowest BCUT2D eigenvalue weighted by atomic mass is 9.91. The number of benzene rings is 1. The smallest absolute Gasteiger partial charge is 0.325 e. The van der Waals surface area contributed by atoms with E-state index in [1.807, 2.05) is 27.7 Å². The van der Waals surface area contributed by atoms with Gasteiger partial charge < -0.3 is 10.2 Å². The average Bonchev–Trinajstić information content (AvgIpc) is 2.79. The second-order valence-corrected chi connectivity index (χ2v) is 8.16. The molecule has 0 aromatic heterocycles. The summed E-state index contributed by atoms with van der Waals surface area (Å²) in [5.41, 5.74) is -2.05. The minimum atomic E-state index is -1.77. The lowest BCUT2D eigenvalue weighted by Crippen LogP contribution is -2.46. The fourth-order valence-electron chi connectivity index (χ4n) is 3.30. The van der Waals surface area contributed by atoms with Crippen LogP contribution in [0.4, 0.5) is 13.6 Å². The van der Waals surface area contributed by atoms with Crippen molar-refractivity contribution in [3.8, 4) is 0 Å². The quantitative estimate of drug-likeness (QED) is 0.722. The van der Waals surface area contributed by atoms with Crippen LogP contribution in [0.2, 0.25) is 0 Å². The van der Waals surface area contributed by atoms with E-state index in [0.717, 1.165) is 23.1 Å². The highest BCUT2D eigenvalue weighted by atomic mass is 19.1. The molecule has 28 heavy (non-hydrogen) atoms. The van der Waals surface area contributed by atoms with Gasteiger partial charge in [-0.15, -0.1) is 0 Å². The zero-order valence-electron chi connectivity index (χ0n) is 16.9. The van der Waals surface area contributed by atoms with Crippen LogP contribution in [0.15, 0.2) is 18.2 Å². The van der Waals surface area contributed by atoms with E-state index in [9.17, 15) is 23.2 Å². The monoisotopic (exact) mass is 395 g/mol. The Labute approximate surface area is 163 Å². The van der Waals surface area contributed by atoms with E-state index in [0.29, 0.717) is 13.1 Å². The molecule has 1 atom stereocenters. The van der Waals surface area contributed by atoms with E-state index in [2.05, 4.69) is 5.32 Å². The van der Waals surface area contributed by atoms with Crippen LogP contribution >= 0.6 is 0 Å². The number of hydrogen-bond acceptors (Lipinski definition) is 3. The third-order valence-corrected chi connectivity index (χ3v) is 4.56. The van der Waals surface area contributed by atoms with Gasteiger partial charge in [-0.25, -0.2) is 13.6 Å². The largest absolute Gasteiger partial charge is 0.341 e. The summed E-state index contributed by atoms with van der Waals surface area (Å²) in [6.07, 6.45) is 0. The zero-order chi connectivity index (χ0) is 21.2. The molecule has 0 spiro atoms. The molecule has 1 saturated heterocycles. The summed E-state index contributed by atoms with van der Waals surface area (Å²) in [6.45, 7) is 9.73. The fourth-order valence-corrected chi connectivity index (χ4v) is 3.30. The fraction of sp³-hybridized carbons (Fsp3) is 0.550. The van der Waals surface area contributed by atoms with E-state index in [4.69, 9.17) is 0 Å². The molecule has 1 aliphatic rings. The van der Waals surface area contributed by atoms with Gasteiger partial charge in [-0.3, -0.25) is 14.5 Å². The lowest BCUT2D eigenvalue weighted by molar-refractivity contribution is -0.139. The Morgan fingerprint density at radius 2 is 1.71 bits per heavy atom. The second-order valence-electron chi connectivity index (χ2n) is 8.16. The number of imide groups is 1. The number of hydrogen-bond donors (Lipinski definition) is 1. The molecule has 0 radical (unpaired) electrons. The molecule has 1 N–H and O–H groups in total. The maximum atomic E-state index is 14.2. The van der Waals surface area contributed by atoms with E-state index >= 15 is 0 Å². The Morgan fingerprint density at radius 1 is 1.14 bits per heavy atom. The van der Waals surface area contributed by atoms with Gasteiger partial charge in [0.1, 0.15) is 23.7 Å². The molecule has 1 aromatic carbocycles. The van der Waals surface area contributed by atoms with Crippen molar-refractivity contribution in [2.24, 2.45) is 11.8 Å². The molecule has 1 heterocycles. The first-order valence-electron chi connectivity index (χ1n) is 9.33. The lowest BCUT2D eigenvalue weighted by Gasteiger charge is -2.28. The Bertz CT molecular complexity index is 772. The Morgan fingerprint density at radius 3 is 2.25 bits per heavy atom. The molecule has 0 saturated carbocycles. The highest BCUT2D eigenvalue weighted by molar-refractivity contribution is 6.09. The van der Waals surface area contributed by atoms with Gasteiger partial charge in [0.15, 0.2) is 0 Å². The summed E-state index contributed by atoms with van der Waals surface area (Å²) < 4.78 is 27.8. The van der Waals surface area contributed by atoms with Gasteiger partial charge >= 0.3 is 6.03 Å². The number of carbonyl (C=O) groups is 3. The van der Waals surface area contributed by atoms with Gasteiger partial charge in [0, 0.05) is 18.7 Å². The van der Waals surface area contributed by atoms with Crippen molar-refractivity contribution in [3.63, 3.8) is 0 Å². The number of nitrogens with one attached hydrogen (secondary N) is 1. The number of halogens is 2. The zero-order valence-corrected chi connectivity index (χ0v) is 16.9. The molecule has 8 heteroatoms. The van der Waals surface area contributed by atoms with Crippen molar-refractivity contribution < 1.29 is 23.2 Å². The topological polar surface area (TPSA) is 69.7 Å². The Balaban J connectivity index is 2.25. The summed E-state index contributed by atoms with van der Waals surface area (Å²) in [5, 5.41) is 2.40. The van der Waals surface area contributed by atoms with Crippen LogP contribution < -0.4 is 5.32 Å². The normalized spacial score (nSPS) is 19.5. The van der Waals surface area contributed by atoms with Crippen molar-refractivity contribution in [2.45, 2.75) is 40.2 Å². The maximum absolute atomic E-state index is 14.2. The molecule has 4 amide bonds. The number of carbonyl (C=O) groups excluding carboxylic acids is 3. The number of nitrogens with zero attached hydrogens (tertiary/aromatic N) is 2. The van der Waals surface area contributed by atoms with E-state index in [1.165, 1.54) is 6.92 Å². The van der Waals surface area contributed by atoms with Gasteiger partial charge in [-0.1, -0.05) is 27.7 Å². The van der Waals surface area contributed by atoms with Crippen LogP contribution in [0.25, 0.3) is 0 Å². The first-order chi connectivity index (χ1) is 13.0. The molecule has 1 aliphatic heterocycles. The van der Waals surface area contributed by atoms with E-state index < -0.39 is 35.7 Å². The van der Waals surface area contributed by atoms with Crippen molar-refractivity contribution in [1.29, 1.82) is 0 Å². The van der Waals surface area contributed by atoms with Crippen LogP contribution in [0.5, 0.6) is 0 Å². The summed E-state index contributed by atoms with van der Waals surface area (Å²) in [5.74, 6) is -2.25. The third-order valence-electron chi connectivity index (χ3n) is 4.56. The molecule has 154 valence electrons. The van der Waals surface area contributed by atoms with Crippen LogP contribution in [-0.2, 0) is 15.1 Å². The number of urea groups is 1. The number of rotatable bonds is 7. The van der Waals surface area contributed by atoms with Gasteiger partial charge in [0.2, 0.25) is 5.91 Å². The highest BCUT2D eigenvalue weighted by Crippen LogP contribution is 2.31. The maximum Gasteiger partial charge on any atom is 0.325 e. The van der Waals surface area contributed by atoms with Crippen LogP contribution in [0.1, 0.15) is 40.2 Å². The van der Waals surface area contributed by atoms with Crippen LogP contribution in [-0.4, -0.2) is 47.3 Å². The Hall–Kier alpha value is -2.51. The molecular weight excluding hydrogens is 368 g/mol. The molecule has 6 nitrogen and oxygen atoms in total. The van der Waals surface area contributed by atoms with Gasteiger partial charge in [-0.2, -0.15) is 0 Å². The predicted octanol–water partition coefficient (Wildman–Crippen LogP) is 2.87. The number of amides is 4. The first-order valence-corrected chi connectivity index (χ1v) is 9.33. The highest BCUT2D eigenvalue weighted by Gasteiger charge is 2.51. The van der Waals surface area contributed by atoms with Gasteiger partial charge in [-0.05, 0) is 37.0 Å². The van der Waals surface area contributed by atoms with Gasteiger partial charge in [0.05, 0.1) is 0 Å². The minimum Gasteiger partial charge on any atom is -0.341 e. The molecule has 1 aromatic rings. The predicted molar refractivity (Wildman–Crippen MR) is 100 cm³/mol. The molecule has 0 aliphatic carbocycles. The third kappa shape index (κ3) is 4.48. The average molecular weight is 395 g/mol. The van der Waals surface area contributed by atoms with E-state index in [-0.39, 0.29) is 23.3 Å². The standard InChI is InChI=1S/C20H27F2N3O3/c1-12(2)9-24(10-13(3)4)17(26)11-25-18(27)20(5,23-19(25)28)15-8-14(21)6-7-16(15)22/h6-8,12-13H,9-11H2,1-5H3,(H,23,28). The van der Waals surface area contributed by atoms with Crippen LogP contribution in [0.3, 0.4) is 0 Å². The SMILES string of the molecule is CC(C)CN(CC(C)C)C(=O)CN1C(=O)NC(C)(c2cc(F)ccc2F)C1=O. The molecular formula is C20H27F2N3O3. The van der Waals surface area contributed by atoms with Crippen molar-refractivity contribution >= 4 is 17.8 Å². The minimum absolute atomic E-state index is 0.220. The summed E-state index contributed by atoms with van der Waals surface area (Å²) in [6, 6.07) is 1.90. The van der Waals surface area contributed by atoms with Crippen molar-refractivity contribution in [1.82, 2.24) is 15.1 Å². The summed E-state index contributed by atoms with van der Waals surface area (Å²) in [7, 11) is 0. The molecule has 1 unspecified atom stereocenters. The summed E-state index contributed by atoms with van der Waals surface area (Å²) >= 11 is 0. The Kier molecular flexibility index (Phi) is 6.41. The van der Waals surface area contributed by atoms with Crippen molar-refractivity contribution in [3.05, 3.63) is 35.4 Å². The first kappa shape index (κ1) is 21.8. The van der Waals surface area contributed by atoms with E-state index in [1.54, 1.807) is 4.90 Å².